The molecule has 1 aromatic carbocycles. The molecule has 1 rings (SSSR count). The van der Waals surface area contributed by atoms with Gasteiger partial charge in [0.15, 0.2) is 0 Å². The topological polar surface area (TPSA) is 33.0 Å². The van der Waals surface area contributed by atoms with Crippen LogP contribution >= 0.6 is 11.6 Å². The third kappa shape index (κ3) is 2.51. The molecule has 0 amide bonds. The Balaban J connectivity index is 2.88. The molecule has 2 nitrogen and oxygen atoms in total. The standard InChI is InChI=1S/C11H10ClNO/c1-8(2)7-14-10-5-3-4-9(6-13)11(10)12/h3-5H,1,7H2,2H3. The van der Waals surface area contributed by atoms with Crippen LogP contribution in [-0.2, 0) is 0 Å². The number of hydrogen-bond acceptors (Lipinski definition) is 2. The van der Waals surface area contributed by atoms with Crippen LogP contribution in [0.15, 0.2) is 30.4 Å². The van der Waals surface area contributed by atoms with Crippen LogP contribution in [-0.4, -0.2) is 6.61 Å². The van der Waals surface area contributed by atoms with Crippen LogP contribution in [0.25, 0.3) is 0 Å². The van der Waals surface area contributed by atoms with Crippen LogP contribution in [0.2, 0.25) is 5.02 Å². The fourth-order valence-electron chi connectivity index (χ4n) is 0.910. The van der Waals surface area contributed by atoms with Gasteiger partial charge < -0.3 is 4.74 Å². The van der Waals surface area contributed by atoms with Crippen LogP contribution in [0.1, 0.15) is 12.5 Å². The molecular formula is C11H10ClNO. The molecule has 72 valence electrons. The SMILES string of the molecule is C=C(C)COc1cccc(C#N)c1Cl. The van der Waals surface area contributed by atoms with E-state index in [4.69, 9.17) is 21.6 Å². The summed E-state index contributed by atoms with van der Waals surface area (Å²) in [4.78, 5) is 0. The van der Waals surface area contributed by atoms with Crippen molar-refractivity contribution in [3.63, 3.8) is 0 Å². The lowest BCUT2D eigenvalue weighted by Gasteiger charge is -2.07. The Bertz CT molecular complexity index is 393. The van der Waals surface area contributed by atoms with Crippen molar-refractivity contribution in [2.45, 2.75) is 6.92 Å². The van der Waals surface area contributed by atoms with Crippen LogP contribution in [0, 0.1) is 11.3 Å². The molecule has 0 fully saturated rings. The van der Waals surface area contributed by atoms with Crippen molar-refractivity contribution in [1.29, 1.82) is 5.26 Å². The Labute approximate surface area is 88.4 Å². The fraction of sp³-hybridized carbons (Fsp3) is 0.182. The Kier molecular flexibility index (Phi) is 3.55. The van der Waals surface area contributed by atoms with E-state index in [1.54, 1.807) is 18.2 Å². The summed E-state index contributed by atoms with van der Waals surface area (Å²) >= 11 is 5.92. The summed E-state index contributed by atoms with van der Waals surface area (Å²) in [6.45, 7) is 5.98. The zero-order valence-corrected chi connectivity index (χ0v) is 8.64. The Morgan fingerprint density at radius 3 is 2.93 bits per heavy atom. The van der Waals surface area contributed by atoms with Gasteiger partial charge in [0.1, 0.15) is 23.4 Å². The Morgan fingerprint density at radius 1 is 1.64 bits per heavy atom. The summed E-state index contributed by atoms with van der Waals surface area (Å²) in [6.07, 6.45) is 0. The number of nitriles is 1. The molecule has 0 bridgehead atoms. The van der Waals surface area contributed by atoms with Crippen LogP contribution in [0.3, 0.4) is 0 Å². The van der Waals surface area contributed by atoms with E-state index in [9.17, 15) is 0 Å². The highest BCUT2D eigenvalue weighted by Gasteiger charge is 2.05. The minimum atomic E-state index is 0.358. The monoisotopic (exact) mass is 207 g/mol. The van der Waals surface area contributed by atoms with Crippen molar-refractivity contribution < 1.29 is 4.74 Å². The van der Waals surface area contributed by atoms with Crippen molar-refractivity contribution in [1.82, 2.24) is 0 Å². The fourth-order valence-corrected chi connectivity index (χ4v) is 1.13. The van der Waals surface area contributed by atoms with E-state index < -0.39 is 0 Å². The highest BCUT2D eigenvalue weighted by molar-refractivity contribution is 6.33. The highest BCUT2D eigenvalue weighted by atomic mass is 35.5. The van der Waals surface area contributed by atoms with E-state index in [-0.39, 0.29) is 0 Å². The predicted octanol–water partition coefficient (Wildman–Crippen LogP) is 3.17. The normalized spacial score (nSPS) is 9.21. The first-order valence-corrected chi connectivity index (χ1v) is 4.48. The van der Waals surface area contributed by atoms with E-state index in [0.29, 0.717) is 22.9 Å². The molecule has 0 heterocycles. The molecule has 0 saturated carbocycles. The number of halogens is 1. The Hall–Kier alpha value is -1.46. The lowest BCUT2D eigenvalue weighted by molar-refractivity contribution is 0.353. The largest absolute Gasteiger partial charge is 0.488 e. The van der Waals surface area contributed by atoms with Gasteiger partial charge >= 0.3 is 0 Å². The van der Waals surface area contributed by atoms with E-state index in [1.807, 2.05) is 13.0 Å². The van der Waals surface area contributed by atoms with E-state index in [2.05, 4.69) is 6.58 Å². The molecule has 0 aliphatic heterocycles. The van der Waals surface area contributed by atoms with Crippen molar-refractivity contribution in [2.24, 2.45) is 0 Å². The van der Waals surface area contributed by atoms with Gasteiger partial charge in [-0.25, -0.2) is 0 Å². The van der Waals surface area contributed by atoms with Crippen LogP contribution in [0.5, 0.6) is 5.75 Å². The van der Waals surface area contributed by atoms with Crippen molar-refractivity contribution >= 4 is 11.6 Å². The average molecular weight is 208 g/mol. The average Bonchev–Trinajstić information content (AvgIpc) is 2.16. The molecule has 1 aromatic rings. The van der Waals surface area contributed by atoms with Gasteiger partial charge in [-0.1, -0.05) is 24.2 Å². The van der Waals surface area contributed by atoms with Crippen molar-refractivity contribution in [3.8, 4) is 11.8 Å². The minimum absolute atomic E-state index is 0.358. The molecule has 0 radical (unpaired) electrons. The summed E-state index contributed by atoms with van der Waals surface area (Å²) in [5.41, 5.74) is 1.33. The van der Waals surface area contributed by atoms with Gasteiger partial charge in [-0.05, 0) is 24.6 Å². The van der Waals surface area contributed by atoms with Gasteiger partial charge in [0.2, 0.25) is 0 Å². The van der Waals surface area contributed by atoms with Crippen molar-refractivity contribution in [3.05, 3.63) is 40.9 Å². The summed E-state index contributed by atoms with van der Waals surface area (Å²) in [5, 5.41) is 9.07. The first kappa shape index (κ1) is 10.6. The molecule has 0 unspecified atom stereocenters. The molecule has 0 spiro atoms. The first-order valence-electron chi connectivity index (χ1n) is 4.11. The summed E-state index contributed by atoms with van der Waals surface area (Å²) in [5.74, 6) is 0.522. The summed E-state index contributed by atoms with van der Waals surface area (Å²) in [7, 11) is 0. The molecule has 0 N–H and O–H groups in total. The second kappa shape index (κ2) is 4.69. The molecular weight excluding hydrogens is 198 g/mol. The van der Waals surface area contributed by atoms with Gasteiger partial charge in [0.05, 0.1) is 5.56 Å². The van der Waals surface area contributed by atoms with Gasteiger partial charge in [0.25, 0.3) is 0 Å². The number of nitrogens with zero attached hydrogens (tertiary/aromatic N) is 1. The number of rotatable bonds is 3. The third-order valence-corrected chi connectivity index (χ3v) is 1.95. The summed E-state index contributed by atoms with van der Waals surface area (Å²) in [6, 6.07) is 7.10. The second-order valence-electron chi connectivity index (χ2n) is 2.98. The highest BCUT2D eigenvalue weighted by Crippen LogP contribution is 2.27. The number of hydrogen-bond donors (Lipinski definition) is 0. The van der Waals surface area contributed by atoms with Gasteiger partial charge in [-0.2, -0.15) is 5.26 Å². The lowest BCUT2D eigenvalue weighted by Crippen LogP contribution is -1.98. The molecule has 0 aliphatic rings. The first-order chi connectivity index (χ1) is 6.65. The van der Waals surface area contributed by atoms with Gasteiger partial charge in [-0.3, -0.25) is 0 Å². The van der Waals surface area contributed by atoms with Gasteiger partial charge in [0, 0.05) is 0 Å². The second-order valence-corrected chi connectivity index (χ2v) is 3.35. The predicted molar refractivity (Wildman–Crippen MR) is 56.5 cm³/mol. The number of ether oxygens (including phenoxy) is 1. The molecule has 3 heteroatoms. The zero-order chi connectivity index (χ0) is 10.6. The maximum Gasteiger partial charge on any atom is 0.139 e. The summed E-state index contributed by atoms with van der Waals surface area (Å²) < 4.78 is 5.36. The van der Waals surface area contributed by atoms with E-state index in [1.165, 1.54) is 0 Å². The van der Waals surface area contributed by atoms with Crippen LogP contribution in [0.4, 0.5) is 0 Å². The third-order valence-electron chi connectivity index (χ3n) is 1.56. The maximum atomic E-state index is 8.71. The lowest BCUT2D eigenvalue weighted by atomic mass is 10.2. The molecule has 0 saturated heterocycles. The van der Waals surface area contributed by atoms with E-state index in [0.717, 1.165) is 5.57 Å². The number of benzene rings is 1. The quantitative estimate of drug-likeness (QED) is 0.714. The zero-order valence-electron chi connectivity index (χ0n) is 7.88. The van der Waals surface area contributed by atoms with Crippen LogP contribution < -0.4 is 4.74 Å². The minimum Gasteiger partial charge on any atom is -0.488 e. The molecule has 0 aliphatic carbocycles. The molecule has 0 aromatic heterocycles. The maximum absolute atomic E-state index is 8.71. The molecule has 0 atom stereocenters. The van der Waals surface area contributed by atoms with Gasteiger partial charge in [-0.15, -0.1) is 0 Å². The smallest absolute Gasteiger partial charge is 0.139 e. The van der Waals surface area contributed by atoms with E-state index >= 15 is 0 Å². The van der Waals surface area contributed by atoms with Crippen molar-refractivity contribution in [2.75, 3.05) is 6.61 Å². The molecule has 14 heavy (non-hydrogen) atoms. The Morgan fingerprint density at radius 2 is 2.36 bits per heavy atom.